The first-order chi connectivity index (χ1) is 22.0. The third kappa shape index (κ3) is 5.47. The third-order valence-electron chi connectivity index (χ3n) is 7.65. The number of nitrogens with one attached hydrogen (secondary N) is 1. The molecule has 0 amide bonds. The Hall–Kier alpha value is -5.15. The number of tetrazole rings is 1. The van der Waals surface area contributed by atoms with E-state index < -0.39 is 24.5 Å². The number of carbonyl (C=O) groups excluding carboxylic acids is 2. The van der Waals surface area contributed by atoms with E-state index in [-0.39, 0.29) is 11.6 Å². The van der Waals surface area contributed by atoms with E-state index in [4.69, 9.17) is 11.6 Å². The van der Waals surface area contributed by atoms with Gasteiger partial charge in [0.25, 0.3) is 5.56 Å². The zero-order valence-corrected chi connectivity index (χ0v) is 24.9. The molecule has 0 saturated carbocycles. The van der Waals surface area contributed by atoms with Crippen molar-refractivity contribution in [1.29, 1.82) is 0 Å². The van der Waals surface area contributed by atoms with Gasteiger partial charge in [0.2, 0.25) is 0 Å². The molecule has 46 heavy (non-hydrogen) atoms. The SMILES string of the molecule is O=C(Cc1csc2ccc(-c3cnc([C@@H]4CCc5cc(-c6cc(Cl)ccc6-n6cnnn6)cc(=O)n54)[nH]3)cc12)OC(=O)C(F)(F)F. The van der Waals surface area contributed by atoms with Gasteiger partial charge in [0.05, 0.1) is 30.0 Å². The number of carbonyl (C=O) groups is 2. The van der Waals surface area contributed by atoms with Crippen LogP contribution in [0.4, 0.5) is 13.2 Å². The number of pyridine rings is 1. The molecular formula is C30H19ClF3N7O4S. The molecule has 1 atom stereocenters. The number of fused-ring (bicyclic) bond motifs is 2. The van der Waals surface area contributed by atoms with E-state index >= 15 is 0 Å². The van der Waals surface area contributed by atoms with Crippen LogP contribution in [0.2, 0.25) is 5.02 Å². The van der Waals surface area contributed by atoms with E-state index in [1.165, 1.54) is 22.3 Å². The molecule has 0 unspecified atom stereocenters. The number of ether oxygens (including phenoxy) is 1. The second-order valence-corrected chi connectivity index (χ2v) is 11.9. The van der Waals surface area contributed by atoms with Gasteiger partial charge in [-0.15, -0.1) is 16.4 Å². The standard InChI is InChI=1S/C30H19ClF3N7O4S/c31-18-2-4-23(40-14-36-38-39-40)20(11-18)16-7-19-3-5-24(41(19)26(42)9-16)28-35-12-22(37-28)15-1-6-25-21(8-15)17(13-46-25)10-27(43)45-29(44)30(32,33)34/h1-2,4,6-9,11-14,24H,3,5,10H2,(H,35,37)/t24-/m0/s1. The highest BCUT2D eigenvalue weighted by atomic mass is 35.5. The van der Waals surface area contributed by atoms with E-state index in [1.807, 2.05) is 18.2 Å². The summed E-state index contributed by atoms with van der Waals surface area (Å²) in [7, 11) is 0. The van der Waals surface area contributed by atoms with Crippen molar-refractivity contribution < 1.29 is 27.5 Å². The molecule has 2 aromatic carbocycles. The number of hydrogen-bond acceptors (Lipinski definition) is 9. The molecular weight excluding hydrogens is 647 g/mol. The molecule has 16 heteroatoms. The van der Waals surface area contributed by atoms with Gasteiger partial charge >= 0.3 is 18.1 Å². The lowest BCUT2D eigenvalue weighted by atomic mass is 10.0. The molecule has 4 aromatic heterocycles. The first kappa shape index (κ1) is 29.6. The number of benzene rings is 2. The lowest BCUT2D eigenvalue weighted by Crippen LogP contribution is -2.28. The van der Waals surface area contributed by atoms with Crippen molar-refractivity contribution in [2.45, 2.75) is 31.5 Å². The van der Waals surface area contributed by atoms with Crippen molar-refractivity contribution in [3.63, 3.8) is 0 Å². The fourth-order valence-corrected chi connectivity index (χ4v) is 6.73. The van der Waals surface area contributed by atoms with Crippen LogP contribution in [0.15, 0.2) is 71.2 Å². The predicted molar refractivity (Wildman–Crippen MR) is 161 cm³/mol. The van der Waals surface area contributed by atoms with Crippen molar-refractivity contribution in [2.24, 2.45) is 0 Å². The Balaban J connectivity index is 1.16. The van der Waals surface area contributed by atoms with Crippen LogP contribution in [-0.4, -0.2) is 52.9 Å². The molecule has 0 saturated heterocycles. The van der Waals surface area contributed by atoms with Crippen LogP contribution < -0.4 is 5.56 Å². The maximum Gasteiger partial charge on any atom is 0.491 e. The number of alkyl halides is 3. The fourth-order valence-electron chi connectivity index (χ4n) is 5.61. The molecule has 1 N–H and O–H groups in total. The molecule has 6 aromatic rings. The number of H-pyrrole nitrogens is 1. The van der Waals surface area contributed by atoms with Gasteiger partial charge in [-0.2, -0.15) is 17.9 Å². The Kier molecular flexibility index (Phi) is 7.28. The molecule has 11 nitrogen and oxygen atoms in total. The van der Waals surface area contributed by atoms with E-state index in [2.05, 4.69) is 30.2 Å². The van der Waals surface area contributed by atoms with E-state index in [1.54, 1.807) is 46.5 Å². The summed E-state index contributed by atoms with van der Waals surface area (Å²) in [6.45, 7) is 0. The van der Waals surface area contributed by atoms with Crippen molar-refractivity contribution in [2.75, 3.05) is 0 Å². The fraction of sp³-hybridized carbons (Fsp3) is 0.167. The summed E-state index contributed by atoms with van der Waals surface area (Å²) in [6, 6.07) is 13.9. The van der Waals surface area contributed by atoms with Crippen LogP contribution >= 0.6 is 22.9 Å². The van der Waals surface area contributed by atoms with Gasteiger partial charge in [0.15, 0.2) is 0 Å². The molecule has 0 aliphatic carbocycles. The van der Waals surface area contributed by atoms with Crippen LogP contribution in [0.5, 0.6) is 0 Å². The average Bonchev–Trinajstić information content (AvgIpc) is 3.83. The zero-order valence-electron chi connectivity index (χ0n) is 23.3. The number of aromatic amines is 1. The maximum atomic E-state index is 13.5. The number of esters is 2. The highest BCUT2D eigenvalue weighted by Gasteiger charge is 2.42. The lowest BCUT2D eigenvalue weighted by molar-refractivity contribution is -0.201. The third-order valence-corrected chi connectivity index (χ3v) is 8.89. The van der Waals surface area contributed by atoms with Gasteiger partial charge in [-0.05, 0) is 81.6 Å². The van der Waals surface area contributed by atoms with Gasteiger partial charge in [-0.25, -0.2) is 9.78 Å². The number of aromatic nitrogens is 7. The highest BCUT2D eigenvalue weighted by Crippen LogP contribution is 2.36. The van der Waals surface area contributed by atoms with Gasteiger partial charge < -0.3 is 14.3 Å². The van der Waals surface area contributed by atoms with Gasteiger partial charge in [-0.1, -0.05) is 17.7 Å². The van der Waals surface area contributed by atoms with E-state index in [0.29, 0.717) is 62.7 Å². The highest BCUT2D eigenvalue weighted by molar-refractivity contribution is 7.17. The second kappa shape index (κ2) is 11.3. The van der Waals surface area contributed by atoms with Crippen LogP contribution in [0.3, 0.4) is 0 Å². The Morgan fingerprint density at radius 3 is 2.74 bits per heavy atom. The van der Waals surface area contributed by atoms with Crippen molar-refractivity contribution >= 4 is 45.0 Å². The smallest absolute Gasteiger partial charge is 0.386 e. The van der Waals surface area contributed by atoms with Gasteiger partial charge in [0.1, 0.15) is 12.2 Å². The number of hydrogen-bond donors (Lipinski definition) is 1. The topological polar surface area (TPSA) is 138 Å². The van der Waals surface area contributed by atoms with Crippen molar-refractivity contribution in [3.05, 3.63) is 98.9 Å². The molecule has 1 aliphatic heterocycles. The van der Waals surface area contributed by atoms with Crippen LogP contribution in [0.1, 0.15) is 29.5 Å². The number of thiophene rings is 1. The average molecular weight is 666 g/mol. The normalized spacial score (nSPS) is 14.5. The van der Waals surface area contributed by atoms with Crippen molar-refractivity contribution in [3.8, 4) is 28.1 Å². The molecule has 0 radical (unpaired) electrons. The number of halogens is 4. The quantitative estimate of drug-likeness (QED) is 0.183. The number of rotatable bonds is 6. The summed E-state index contributed by atoms with van der Waals surface area (Å²) in [6.07, 6.45) is -1.41. The lowest BCUT2D eigenvalue weighted by Gasteiger charge is -2.15. The molecule has 1 aliphatic rings. The number of imidazole rings is 1. The first-order valence-electron chi connectivity index (χ1n) is 13.7. The maximum absolute atomic E-state index is 13.5. The second-order valence-electron chi connectivity index (χ2n) is 10.5. The summed E-state index contributed by atoms with van der Waals surface area (Å²) < 4.78 is 45.5. The van der Waals surface area contributed by atoms with Gasteiger partial charge in [-0.3, -0.25) is 9.59 Å². The van der Waals surface area contributed by atoms with Gasteiger partial charge in [0, 0.05) is 32.6 Å². The molecule has 7 rings (SSSR count). The van der Waals surface area contributed by atoms with E-state index in [0.717, 1.165) is 10.4 Å². The predicted octanol–water partition coefficient (Wildman–Crippen LogP) is 5.46. The summed E-state index contributed by atoms with van der Waals surface area (Å²) in [4.78, 5) is 44.5. The van der Waals surface area contributed by atoms with E-state index in [9.17, 15) is 27.6 Å². The molecule has 0 bridgehead atoms. The van der Waals surface area contributed by atoms with Crippen LogP contribution in [0.25, 0.3) is 38.2 Å². The Morgan fingerprint density at radius 1 is 1.11 bits per heavy atom. The largest absolute Gasteiger partial charge is 0.491 e. The summed E-state index contributed by atoms with van der Waals surface area (Å²) >= 11 is 7.61. The summed E-state index contributed by atoms with van der Waals surface area (Å²) in [5.74, 6) is -3.27. The van der Waals surface area contributed by atoms with Crippen LogP contribution in [-0.2, 0) is 27.2 Å². The minimum Gasteiger partial charge on any atom is -0.386 e. The Bertz CT molecular complexity index is 2210. The monoisotopic (exact) mass is 665 g/mol. The first-order valence-corrected chi connectivity index (χ1v) is 15.0. The molecule has 0 fully saturated rings. The van der Waals surface area contributed by atoms with Crippen LogP contribution in [0, 0.1) is 0 Å². The molecule has 0 spiro atoms. The zero-order chi connectivity index (χ0) is 32.2. The minimum absolute atomic E-state index is 0.212. The number of aryl methyl sites for hydroxylation is 1. The number of nitrogens with zero attached hydrogens (tertiary/aromatic N) is 6. The van der Waals surface area contributed by atoms with Crippen molar-refractivity contribution in [1.82, 2.24) is 34.7 Å². The molecule has 232 valence electrons. The summed E-state index contributed by atoms with van der Waals surface area (Å²) in [5, 5.41) is 14.1. The minimum atomic E-state index is -5.26. The molecule has 5 heterocycles. The Labute approximate surface area is 265 Å². The Morgan fingerprint density at radius 2 is 1.96 bits per heavy atom. The summed E-state index contributed by atoms with van der Waals surface area (Å²) in [5.41, 5.74) is 4.45.